The van der Waals surface area contributed by atoms with Crippen LogP contribution in [-0.2, 0) is 11.2 Å². The lowest BCUT2D eigenvalue weighted by molar-refractivity contribution is 0.102. The van der Waals surface area contributed by atoms with E-state index in [1.165, 1.54) is 50.5 Å². The highest BCUT2D eigenvalue weighted by Crippen LogP contribution is 2.35. The van der Waals surface area contributed by atoms with Gasteiger partial charge in [0, 0.05) is 6.61 Å². The van der Waals surface area contributed by atoms with E-state index in [1.54, 1.807) is 5.56 Å². The van der Waals surface area contributed by atoms with Gasteiger partial charge >= 0.3 is 0 Å². The van der Waals surface area contributed by atoms with Crippen molar-refractivity contribution in [3.63, 3.8) is 0 Å². The molecule has 1 aromatic rings. The van der Waals surface area contributed by atoms with E-state index in [9.17, 15) is 0 Å². The highest BCUT2D eigenvalue weighted by atomic mass is 16.5. The first kappa shape index (κ1) is 16.3. The summed E-state index contributed by atoms with van der Waals surface area (Å²) in [7, 11) is 0. The smallest absolute Gasteiger partial charge is 0.0644 e. The molecule has 0 aliphatic heterocycles. The largest absolute Gasteiger partial charge is 0.377 e. The third-order valence-corrected chi connectivity index (χ3v) is 4.71. The number of aryl methyl sites for hydroxylation is 1. The summed E-state index contributed by atoms with van der Waals surface area (Å²) in [6.07, 6.45) is 10.9. The molecule has 116 valence electrons. The van der Waals surface area contributed by atoms with Crippen molar-refractivity contribution >= 4 is 0 Å². The van der Waals surface area contributed by atoms with Crippen molar-refractivity contribution < 1.29 is 4.74 Å². The predicted octanol–water partition coefficient (Wildman–Crippen LogP) is 5.51. The summed E-state index contributed by atoms with van der Waals surface area (Å²) in [5.74, 6) is 1.52. The summed E-state index contributed by atoms with van der Waals surface area (Å²) in [4.78, 5) is 0. The van der Waals surface area contributed by atoms with Crippen LogP contribution in [0.3, 0.4) is 0 Å². The average Bonchev–Trinajstić information content (AvgIpc) is 2.54. The minimum Gasteiger partial charge on any atom is -0.377 e. The number of ether oxygens (including phenoxy) is 1. The minimum atomic E-state index is 0.694. The zero-order valence-electron chi connectivity index (χ0n) is 13.5. The number of rotatable bonds is 8. The summed E-state index contributed by atoms with van der Waals surface area (Å²) in [6, 6.07) is 9.41. The Morgan fingerprint density at radius 2 is 1.86 bits per heavy atom. The Morgan fingerprint density at radius 1 is 1.14 bits per heavy atom. The van der Waals surface area contributed by atoms with Crippen molar-refractivity contribution in [2.75, 3.05) is 13.2 Å². The van der Waals surface area contributed by atoms with Crippen LogP contribution in [0.5, 0.6) is 0 Å². The minimum absolute atomic E-state index is 0.694. The second kappa shape index (κ2) is 9.04. The number of hydrogen-bond acceptors (Lipinski definition) is 1. The molecular weight excluding hydrogens is 256 g/mol. The summed E-state index contributed by atoms with van der Waals surface area (Å²) in [5, 5.41) is 0. The van der Waals surface area contributed by atoms with Crippen LogP contribution < -0.4 is 0 Å². The summed E-state index contributed by atoms with van der Waals surface area (Å²) in [6.45, 7) is 7.56. The molecule has 1 aliphatic rings. The highest BCUT2D eigenvalue weighted by Gasteiger charge is 2.22. The highest BCUT2D eigenvalue weighted by molar-refractivity contribution is 5.25. The van der Waals surface area contributed by atoms with Crippen molar-refractivity contribution in [2.24, 2.45) is 5.92 Å². The Kier molecular flexibility index (Phi) is 7.02. The number of benzene rings is 1. The van der Waals surface area contributed by atoms with Crippen molar-refractivity contribution in [3.05, 3.63) is 48.0 Å². The molecular formula is C20H30O. The summed E-state index contributed by atoms with van der Waals surface area (Å²) >= 11 is 0. The fourth-order valence-electron chi connectivity index (χ4n) is 3.32. The van der Waals surface area contributed by atoms with E-state index in [4.69, 9.17) is 4.74 Å². The second-order valence-electron chi connectivity index (χ2n) is 6.39. The summed E-state index contributed by atoms with van der Waals surface area (Å²) < 4.78 is 5.60. The van der Waals surface area contributed by atoms with Crippen LogP contribution in [-0.4, -0.2) is 13.2 Å². The van der Waals surface area contributed by atoms with Crippen LogP contribution in [0.4, 0.5) is 0 Å². The topological polar surface area (TPSA) is 9.23 Å². The number of unbranched alkanes of at least 4 members (excludes halogenated alkanes) is 1. The Morgan fingerprint density at radius 3 is 2.48 bits per heavy atom. The van der Waals surface area contributed by atoms with E-state index in [2.05, 4.69) is 37.8 Å². The third-order valence-electron chi connectivity index (χ3n) is 4.71. The molecule has 0 atom stereocenters. The van der Waals surface area contributed by atoms with E-state index in [-0.39, 0.29) is 0 Å². The predicted molar refractivity (Wildman–Crippen MR) is 90.8 cm³/mol. The normalized spacial score (nSPS) is 22.1. The summed E-state index contributed by atoms with van der Waals surface area (Å²) in [5.41, 5.74) is 3.04. The van der Waals surface area contributed by atoms with Crippen LogP contribution in [0, 0.1) is 5.92 Å². The van der Waals surface area contributed by atoms with E-state index in [1.807, 2.05) is 6.08 Å². The van der Waals surface area contributed by atoms with Crippen LogP contribution in [0.1, 0.15) is 62.5 Å². The van der Waals surface area contributed by atoms with Gasteiger partial charge in [-0.3, -0.25) is 0 Å². The quantitative estimate of drug-likeness (QED) is 0.452. The van der Waals surface area contributed by atoms with Gasteiger partial charge in [0.15, 0.2) is 0 Å². The second-order valence-corrected chi connectivity index (χ2v) is 6.39. The molecule has 1 aromatic carbocycles. The molecule has 1 saturated carbocycles. The van der Waals surface area contributed by atoms with Gasteiger partial charge in [0.2, 0.25) is 0 Å². The molecule has 0 radical (unpaired) electrons. The first-order valence-electron chi connectivity index (χ1n) is 8.61. The Hall–Kier alpha value is -1.08. The maximum absolute atomic E-state index is 5.60. The van der Waals surface area contributed by atoms with Gasteiger partial charge in [-0.25, -0.2) is 0 Å². The molecule has 0 bridgehead atoms. The third kappa shape index (κ3) is 5.32. The van der Waals surface area contributed by atoms with Gasteiger partial charge in [-0.1, -0.05) is 43.7 Å². The van der Waals surface area contributed by atoms with Gasteiger partial charge in [0.25, 0.3) is 0 Å². The molecule has 1 aliphatic carbocycles. The molecule has 0 spiro atoms. The van der Waals surface area contributed by atoms with E-state index in [0.717, 1.165) is 18.4 Å². The maximum Gasteiger partial charge on any atom is 0.0644 e. The number of hydrogen-bond donors (Lipinski definition) is 0. The van der Waals surface area contributed by atoms with E-state index in [0.29, 0.717) is 6.61 Å². The SMILES string of the molecule is C=CCOC[C@H]1CC[C@H](c2ccc(CCCC)cc2)CC1. The lowest BCUT2D eigenvalue weighted by Gasteiger charge is -2.28. The van der Waals surface area contributed by atoms with Crippen molar-refractivity contribution in [1.82, 2.24) is 0 Å². The monoisotopic (exact) mass is 286 g/mol. The lowest BCUT2D eigenvalue weighted by atomic mass is 9.79. The molecule has 0 amide bonds. The Labute approximate surface area is 130 Å². The van der Waals surface area contributed by atoms with Crippen LogP contribution >= 0.6 is 0 Å². The molecule has 1 nitrogen and oxygen atoms in total. The van der Waals surface area contributed by atoms with Gasteiger partial charge in [-0.05, 0) is 61.5 Å². The molecule has 1 heteroatoms. The van der Waals surface area contributed by atoms with Gasteiger partial charge < -0.3 is 4.74 Å². The fraction of sp³-hybridized carbons (Fsp3) is 0.600. The van der Waals surface area contributed by atoms with E-state index < -0.39 is 0 Å². The van der Waals surface area contributed by atoms with Crippen molar-refractivity contribution in [1.29, 1.82) is 0 Å². The fourth-order valence-corrected chi connectivity index (χ4v) is 3.32. The zero-order chi connectivity index (χ0) is 14.9. The molecule has 21 heavy (non-hydrogen) atoms. The van der Waals surface area contributed by atoms with Gasteiger partial charge in [0.05, 0.1) is 6.61 Å². The standard InChI is InChI=1S/C20H30O/c1-3-5-6-17-7-11-19(12-8-17)20-13-9-18(10-14-20)16-21-15-4-2/h4,7-8,11-12,18,20H,2-3,5-6,9-10,13-16H2,1H3/t18-,20-. The first-order chi connectivity index (χ1) is 10.3. The van der Waals surface area contributed by atoms with Crippen molar-refractivity contribution in [2.45, 2.75) is 57.8 Å². The van der Waals surface area contributed by atoms with Crippen LogP contribution in [0.25, 0.3) is 0 Å². The van der Waals surface area contributed by atoms with E-state index >= 15 is 0 Å². The lowest BCUT2D eigenvalue weighted by Crippen LogP contribution is -2.18. The molecule has 1 fully saturated rings. The average molecular weight is 286 g/mol. The molecule has 0 N–H and O–H groups in total. The van der Waals surface area contributed by atoms with Crippen LogP contribution in [0.15, 0.2) is 36.9 Å². The first-order valence-corrected chi connectivity index (χ1v) is 8.61. The molecule has 0 heterocycles. The van der Waals surface area contributed by atoms with Crippen LogP contribution in [0.2, 0.25) is 0 Å². The molecule has 0 saturated heterocycles. The maximum atomic E-state index is 5.60. The Bertz CT molecular complexity index is 398. The van der Waals surface area contributed by atoms with Gasteiger partial charge in [-0.2, -0.15) is 0 Å². The molecule has 0 unspecified atom stereocenters. The molecule has 0 aromatic heterocycles. The van der Waals surface area contributed by atoms with Gasteiger partial charge in [0.1, 0.15) is 0 Å². The van der Waals surface area contributed by atoms with Crippen molar-refractivity contribution in [3.8, 4) is 0 Å². The van der Waals surface area contributed by atoms with Gasteiger partial charge in [-0.15, -0.1) is 6.58 Å². The zero-order valence-corrected chi connectivity index (χ0v) is 13.5. The molecule has 2 rings (SSSR count). The Balaban J connectivity index is 1.77.